The number of nitrogens with one attached hydrogen (secondary N) is 1. The zero-order valence-electron chi connectivity index (χ0n) is 18.4. The third-order valence-corrected chi connectivity index (χ3v) is 6.46. The Morgan fingerprint density at radius 2 is 1.61 bits per heavy atom. The van der Waals surface area contributed by atoms with E-state index >= 15 is 0 Å². The largest absolute Gasteiger partial charge is 0.493 e. The topological polar surface area (TPSA) is 47.6 Å². The van der Waals surface area contributed by atoms with E-state index in [1.54, 1.807) is 14.2 Å². The van der Waals surface area contributed by atoms with Crippen molar-refractivity contribution in [2.24, 2.45) is 5.41 Å². The third kappa shape index (κ3) is 3.27. The van der Waals surface area contributed by atoms with Gasteiger partial charge in [-0.05, 0) is 58.0 Å². The van der Waals surface area contributed by atoms with Crippen molar-refractivity contribution in [3.8, 4) is 11.5 Å². The predicted molar refractivity (Wildman–Crippen MR) is 125 cm³/mol. The number of carbonyl (C=O) groups excluding carboxylic acids is 1. The van der Waals surface area contributed by atoms with Crippen molar-refractivity contribution in [3.05, 3.63) is 71.3 Å². The molecule has 3 aromatic rings. The summed E-state index contributed by atoms with van der Waals surface area (Å²) in [4.78, 5) is 13.4. The minimum Gasteiger partial charge on any atom is -0.493 e. The number of ketones is 1. The molecule has 31 heavy (non-hydrogen) atoms. The maximum absolute atomic E-state index is 13.4. The highest BCUT2D eigenvalue weighted by atomic mass is 16.5. The van der Waals surface area contributed by atoms with Crippen LogP contribution in [0.1, 0.15) is 43.9 Å². The van der Waals surface area contributed by atoms with E-state index in [-0.39, 0.29) is 17.2 Å². The van der Waals surface area contributed by atoms with Gasteiger partial charge in [-0.2, -0.15) is 0 Å². The van der Waals surface area contributed by atoms with Gasteiger partial charge in [0, 0.05) is 23.2 Å². The van der Waals surface area contributed by atoms with E-state index in [2.05, 4.69) is 55.6 Å². The van der Waals surface area contributed by atoms with Crippen molar-refractivity contribution >= 4 is 27.8 Å². The molecule has 1 heterocycles. The Hall–Kier alpha value is -3.27. The smallest absolute Gasteiger partial charge is 0.162 e. The van der Waals surface area contributed by atoms with E-state index in [9.17, 15) is 4.79 Å². The lowest BCUT2D eigenvalue weighted by molar-refractivity contribution is -0.118. The van der Waals surface area contributed by atoms with E-state index in [4.69, 9.17) is 9.47 Å². The maximum atomic E-state index is 13.4. The van der Waals surface area contributed by atoms with Crippen LogP contribution < -0.4 is 14.8 Å². The van der Waals surface area contributed by atoms with E-state index in [1.165, 1.54) is 16.3 Å². The second-order valence-corrected chi connectivity index (χ2v) is 9.27. The van der Waals surface area contributed by atoms with Crippen LogP contribution in [0.3, 0.4) is 0 Å². The lowest BCUT2D eigenvalue weighted by Gasteiger charge is -2.40. The van der Waals surface area contributed by atoms with E-state index in [1.807, 2.05) is 18.2 Å². The Bertz CT molecular complexity index is 1240. The summed E-state index contributed by atoms with van der Waals surface area (Å²) in [7, 11) is 3.27. The van der Waals surface area contributed by atoms with Gasteiger partial charge in [0.15, 0.2) is 17.3 Å². The minimum absolute atomic E-state index is 0.0572. The van der Waals surface area contributed by atoms with Crippen LogP contribution in [0.4, 0.5) is 5.69 Å². The van der Waals surface area contributed by atoms with Crippen LogP contribution in [0.5, 0.6) is 11.5 Å². The molecule has 0 saturated heterocycles. The van der Waals surface area contributed by atoms with Crippen LogP contribution in [0.25, 0.3) is 16.3 Å². The average molecular weight is 414 g/mol. The summed E-state index contributed by atoms with van der Waals surface area (Å²) >= 11 is 0. The second-order valence-electron chi connectivity index (χ2n) is 9.27. The summed E-state index contributed by atoms with van der Waals surface area (Å²) in [5.74, 6) is 1.56. The van der Waals surface area contributed by atoms with Crippen molar-refractivity contribution < 1.29 is 14.3 Å². The van der Waals surface area contributed by atoms with Crippen molar-refractivity contribution in [3.63, 3.8) is 0 Å². The molecule has 0 aromatic heterocycles. The first kappa shape index (κ1) is 19.7. The molecule has 0 bridgehead atoms. The van der Waals surface area contributed by atoms with Gasteiger partial charge in [-0.15, -0.1) is 0 Å². The lowest BCUT2D eigenvalue weighted by Crippen LogP contribution is -2.33. The molecule has 0 unspecified atom stereocenters. The van der Waals surface area contributed by atoms with Crippen LogP contribution in [0.15, 0.2) is 60.2 Å². The number of fused-ring (bicyclic) bond motifs is 3. The molecule has 0 spiro atoms. The molecule has 2 aliphatic rings. The molecule has 1 N–H and O–H groups in total. The number of hydrogen-bond donors (Lipinski definition) is 1. The normalized spacial score (nSPS) is 19.5. The average Bonchev–Trinajstić information content (AvgIpc) is 2.76. The lowest BCUT2D eigenvalue weighted by atomic mass is 9.68. The number of ether oxygens (including phenoxy) is 2. The molecule has 0 fully saturated rings. The van der Waals surface area contributed by atoms with Gasteiger partial charge >= 0.3 is 0 Å². The van der Waals surface area contributed by atoms with Crippen molar-refractivity contribution in [1.82, 2.24) is 0 Å². The number of carbonyl (C=O) groups is 1. The minimum atomic E-state index is -0.216. The van der Waals surface area contributed by atoms with Gasteiger partial charge in [0.1, 0.15) is 0 Å². The van der Waals surface area contributed by atoms with E-state index in [0.29, 0.717) is 17.9 Å². The molecular weight excluding hydrogens is 386 g/mol. The standard InChI is InChI=1S/C27H27NO3/c1-27(2)14-20-19-11-16-7-5-6-8-17(16)12-21(19)28-26(25(20)22(29)15-27)18-9-10-23(30-3)24(13-18)31-4/h5-13,26,28H,14-15H2,1-4H3/t26-/m1/s1. The molecule has 4 nitrogen and oxygen atoms in total. The number of Topliss-reactive ketones (excluding diaryl/α,β-unsaturated/α-hetero) is 1. The third-order valence-electron chi connectivity index (χ3n) is 6.46. The van der Waals surface area contributed by atoms with Gasteiger partial charge < -0.3 is 14.8 Å². The first-order valence-electron chi connectivity index (χ1n) is 10.7. The van der Waals surface area contributed by atoms with Crippen LogP contribution in [-0.4, -0.2) is 20.0 Å². The molecule has 0 amide bonds. The molecule has 1 aliphatic heterocycles. The molecule has 3 aromatic carbocycles. The Balaban J connectivity index is 1.73. The Morgan fingerprint density at radius 3 is 2.32 bits per heavy atom. The summed E-state index contributed by atoms with van der Waals surface area (Å²) in [6, 6.07) is 18.5. The quantitative estimate of drug-likeness (QED) is 0.558. The van der Waals surface area contributed by atoms with Crippen molar-refractivity contribution in [2.75, 3.05) is 19.5 Å². The second kappa shape index (κ2) is 7.16. The molecule has 4 heteroatoms. The van der Waals surface area contributed by atoms with Crippen LogP contribution >= 0.6 is 0 Å². The molecule has 158 valence electrons. The molecule has 1 atom stereocenters. The first-order valence-corrected chi connectivity index (χ1v) is 10.7. The molecule has 0 radical (unpaired) electrons. The SMILES string of the molecule is COc1ccc([C@H]2Nc3cc4ccccc4cc3C3=C2C(=O)CC(C)(C)C3)cc1OC. The molecule has 1 aliphatic carbocycles. The molecule has 5 rings (SSSR count). The Labute approximate surface area is 182 Å². The van der Waals surface area contributed by atoms with Gasteiger partial charge in [-0.1, -0.05) is 44.2 Å². The van der Waals surface area contributed by atoms with Crippen LogP contribution in [0, 0.1) is 5.41 Å². The summed E-state index contributed by atoms with van der Waals surface area (Å²) in [5, 5.41) is 6.05. The van der Waals surface area contributed by atoms with Gasteiger partial charge in [0.25, 0.3) is 0 Å². The summed E-state index contributed by atoms with van der Waals surface area (Å²) in [6.45, 7) is 4.37. The highest BCUT2D eigenvalue weighted by molar-refractivity contribution is 6.10. The number of rotatable bonds is 3. The van der Waals surface area contributed by atoms with E-state index in [0.717, 1.165) is 28.8 Å². The summed E-state index contributed by atoms with van der Waals surface area (Å²) in [6.07, 6.45) is 1.44. The Morgan fingerprint density at radius 1 is 0.903 bits per heavy atom. The number of methoxy groups -OCH3 is 2. The highest BCUT2D eigenvalue weighted by Crippen LogP contribution is 2.51. The summed E-state index contributed by atoms with van der Waals surface area (Å²) < 4.78 is 11.0. The molecule has 0 saturated carbocycles. The van der Waals surface area contributed by atoms with Gasteiger partial charge in [-0.25, -0.2) is 0 Å². The van der Waals surface area contributed by atoms with Gasteiger partial charge in [0.2, 0.25) is 0 Å². The van der Waals surface area contributed by atoms with Gasteiger partial charge in [0.05, 0.1) is 20.3 Å². The number of benzene rings is 3. The zero-order chi connectivity index (χ0) is 21.8. The molecular formula is C27H27NO3. The number of hydrogen-bond acceptors (Lipinski definition) is 4. The van der Waals surface area contributed by atoms with Crippen molar-refractivity contribution in [1.29, 1.82) is 0 Å². The zero-order valence-corrected chi connectivity index (χ0v) is 18.4. The number of allylic oxidation sites excluding steroid dienone is 1. The number of anilines is 1. The fourth-order valence-electron chi connectivity index (χ4n) is 5.03. The predicted octanol–water partition coefficient (Wildman–Crippen LogP) is 6.17. The Kier molecular flexibility index (Phi) is 4.54. The van der Waals surface area contributed by atoms with Crippen LogP contribution in [-0.2, 0) is 4.79 Å². The highest BCUT2D eigenvalue weighted by Gasteiger charge is 2.40. The maximum Gasteiger partial charge on any atom is 0.162 e. The van der Waals surface area contributed by atoms with E-state index < -0.39 is 0 Å². The fourth-order valence-corrected chi connectivity index (χ4v) is 5.03. The van der Waals surface area contributed by atoms with Crippen molar-refractivity contribution in [2.45, 2.75) is 32.7 Å². The fraction of sp³-hybridized carbons (Fsp3) is 0.296. The van der Waals surface area contributed by atoms with Crippen LogP contribution in [0.2, 0.25) is 0 Å². The first-order chi connectivity index (χ1) is 14.9. The van der Waals surface area contributed by atoms with Gasteiger partial charge in [-0.3, -0.25) is 4.79 Å². The summed E-state index contributed by atoms with van der Waals surface area (Å²) in [5.41, 5.74) is 5.21. The monoisotopic (exact) mass is 413 g/mol.